The van der Waals surface area contributed by atoms with E-state index in [9.17, 15) is 4.79 Å². The summed E-state index contributed by atoms with van der Waals surface area (Å²) in [6, 6.07) is 3.48. The highest BCUT2D eigenvalue weighted by molar-refractivity contribution is 7.99. The molecule has 0 saturated carbocycles. The SMILES string of the molecule is Cc1cc(NC(=O)CCSCCCNc2ncccn2)no1. The van der Waals surface area contributed by atoms with E-state index >= 15 is 0 Å². The van der Waals surface area contributed by atoms with Crippen LogP contribution in [0.1, 0.15) is 18.6 Å². The van der Waals surface area contributed by atoms with Crippen molar-refractivity contribution in [3.05, 3.63) is 30.3 Å². The summed E-state index contributed by atoms with van der Waals surface area (Å²) in [6.07, 6.45) is 4.87. The van der Waals surface area contributed by atoms with Gasteiger partial charge >= 0.3 is 0 Å². The third-order valence-electron chi connectivity index (χ3n) is 2.68. The summed E-state index contributed by atoms with van der Waals surface area (Å²) in [4.78, 5) is 19.8. The van der Waals surface area contributed by atoms with Crippen LogP contribution in [-0.2, 0) is 4.79 Å². The fourth-order valence-electron chi connectivity index (χ4n) is 1.66. The Kier molecular flexibility index (Phi) is 6.69. The van der Waals surface area contributed by atoms with Gasteiger partial charge in [0.25, 0.3) is 0 Å². The van der Waals surface area contributed by atoms with Crippen molar-refractivity contribution in [3.8, 4) is 0 Å². The monoisotopic (exact) mass is 321 g/mol. The molecule has 118 valence electrons. The second-order valence-electron chi connectivity index (χ2n) is 4.59. The summed E-state index contributed by atoms with van der Waals surface area (Å²) in [7, 11) is 0. The summed E-state index contributed by atoms with van der Waals surface area (Å²) in [6.45, 7) is 2.61. The first kappa shape index (κ1) is 16.3. The molecule has 22 heavy (non-hydrogen) atoms. The number of hydrogen-bond donors (Lipinski definition) is 2. The Hall–Kier alpha value is -2.09. The molecule has 0 radical (unpaired) electrons. The average molecular weight is 321 g/mol. The Morgan fingerprint density at radius 3 is 2.86 bits per heavy atom. The van der Waals surface area contributed by atoms with Gasteiger partial charge in [0.15, 0.2) is 5.82 Å². The number of nitrogens with one attached hydrogen (secondary N) is 2. The lowest BCUT2D eigenvalue weighted by molar-refractivity contribution is -0.115. The number of aromatic nitrogens is 3. The van der Waals surface area contributed by atoms with Crippen LogP contribution in [0, 0.1) is 6.92 Å². The highest BCUT2D eigenvalue weighted by Gasteiger charge is 2.05. The minimum Gasteiger partial charge on any atom is -0.360 e. The van der Waals surface area contributed by atoms with Crippen molar-refractivity contribution in [2.75, 3.05) is 28.7 Å². The zero-order valence-electron chi connectivity index (χ0n) is 12.4. The molecule has 0 bridgehead atoms. The van der Waals surface area contributed by atoms with Crippen molar-refractivity contribution in [1.29, 1.82) is 0 Å². The first-order valence-electron chi connectivity index (χ1n) is 7.06. The Morgan fingerprint density at radius 1 is 1.32 bits per heavy atom. The molecule has 0 unspecified atom stereocenters. The van der Waals surface area contributed by atoms with Crippen LogP contribution in [0.2, 0.25) is 0 Å². The topological polar surface area (TPSA) is 92.9 Å². The lowest BCUT2D eigenvalue weighted by Gasteiger charge is -2.04. The normalized spacial score (nSPS) is 10.4. The molecule has 0 aliphatic carbocycles. The third kappa shape index (κ3) is 6.13. The van der Waals surface area contributed by atoms with Crippen LogP contribution in [0.4, 0.5) is 11.8 Å². The lowest BCUT2D eigenvalue weighted by Crippen LogP contribution is -2.12. The molecule has 0 aromatic carbocycles. The summed E-state index contributed by atoms with van der Waals surface area (Å²) < 4.78 is 4.88. The van der Waals surface area contributed by atoms with Crippen LogP contribution >= 0.6 is 11.8 Å². The van der Waals surface area contributed by atoms with E-state index in [1.54, 1.807) is 43.2 Å². The van der Waals surface area contributed by atoms with Gasteiger partial charge in [0.05, 0.1) is 0 Å². The molecule has 8 heteroatoms. The number of thioether (sulfide) groups is 1. The van der Waals surface area contributed by atoms with Crippen LogP contribution in [0.3, 0.4) is 0 Å². The molecule has 7 nitrogen and oxygen atoms in total. The molecule has 1 amide bonds. The summed E-state index contributed by atoms with van der Waals surface area (Å²) in [5, 5.41) is 9.57. The standard InChI is InChI=1S/C14H19N5O2S/c1-11-10-12(19-21-11)18-13(20)4-9-22-8-3-7-17-14-15-5-2-6-16-14/h2,5-6,10H,3-4,7-9H2,1H3,(H,15,16,17)(H,18,19,20). The van der Waals surface area contributed by atoms with E-state index in [4.69, 9.17) is 4.52 Å². The van der Waals surface area contributed by atoms with Crippen LogP contribution in [0.5, 0.6) is 0 Å². The van der Waals surface area contributed by atoms with Gasteiger partial charge < -0.3 is 15.2 Å². The van der Waals surface area contributed by atoms with E-state index in [-0.39, 0.29) is 5.91 Å². The zero-order chi connectivity index (χ0) is 15.6. The molecular formula is C14H19N5O2S. The number of aryl methyl sites for hydroxylation is 1. The van der Waals surface area contributed by atoms with E-state index in [2.05, 4.69) is 25.8 Å². The summed E-state index contributed by atoms with van der Waals surface area (Å²) in [5.74, 6) is 3.52. The fourth-order valence-corrected chi connectivity index (χ4v) is 2.54. The van der Waals surface area contributed by atoms with E-state index in [0.717, 1.165) is 24.5 Å². The maximum atomic E-state index is 11.7. The Labute approximate surface area is 133 Å². The minimum atomic E-state index is -0.0448. The number of rotatable bonds is 9. The molecule has 2 aromatic rings. The van der Waals surface area contributed by atoms with Gasteiger partial charge in [-0.05, 0) is 25.2 Å². The van der Waals surface area contributed by atoms with E-state index in [0.29, 0.717) is 23.9 Å². The highest BCUT2D eigenvalue weighted by Crippen LogP contribution is 2.09. The van der Waals surface area contributed by atoms with Gasteiger partial charge in [0.2, 0.25) is 11.9 Å². The number of amides is 1. The van der Waals surface area contributed by atoms with Gasteiger partial charge in [-0.2, -0.15) is 11.8 Å². The molecule has 2 N–H and O–H groups in total. The van der Waals surface area contributed by atoms with Crippen LogP contribution in [-0.4, -0.2) is 39.1 Å². The van der Waals surface area contributed by atoms with Crippen molar-refractivity contribution < 1.29 is 9.32 Å². The van der Waals surface area contributed by atoms with Crippen LogP contribution in [0.15, 0.2) is 29.0 Å². The van der Waals surface area contributed by atoms with Gasteiger partial charge in [0.1, 0.15) is 5.76 Å². The van der Waals surface area contributed by atoms with Crippen molar-refractivity contribution in [2.45, 2.75) is 19.8 Å². The molecular weight excluding hydrogens is 302 g/mol. The van der Waals surface area contributed by atoms with Gasteiger partial charge in [-0.15, -0.1) is 0 Å². The fraction of sp³-hybridized carbons (Fsp3) is 0.429. The number of anilines is 2. The molecule has 2 rings (SSSR count). The van der Waals surface area contributed by atoms with Gasteiger partial charge in [-0.3, -0.25) is 4.79 Å². The largest absolute Gasteiger partial charge is 0.360 e. The predicted molar refractivity (Wildman–Crippen MR) is 87.0 cm³/mol. The number of carbonyl (C=O) groups excluding carboxylic acids is 1. The smallest absolute Gasteiger partial charge is 0.226 e. The first-order chi connectivity index (χ1) is 10.7. The quantitative estimate of drug-likeness (QED) is 0.685. The number of carbonyl (C=O) groups is 1. The summed E-state index contributed by atoms with van der Waals surface area (Å²) >= 11 is 1.75. The Bertz CT molecular complexity index is 576. The molecule has 2 aromatic heterocycles. The Morgan fingerprint density at radius 2 is 2.14 bits per heavy atom. The van der Waals surface area contributed by atoms with E-state index in [1.807, 2.05) is 0 Å². The summed E-state index contributed by atoms with van der Waals surface area (Å²) in [5.41, 5.74) is 0. The van der Waals surface area contributed by atoms with Crippen molar-refractivity contribution in [1.82, 2.24) is 15.1 Å². The number of hydrogen-bond acceptors (Lipinski definition) is 7. The molecule has 0 atom stereocenters. The van der Waals surface area contributed by atoms with E-state index < -0.39 is 0 Å². The molecule has 0 spiro atoms. The molecule has 0 fully saturated rings. The second kappa shape index (κ2) is 9.04. The maximum absolute atomic E-state index is 11.7. The highest BCUT2D eigenvalue weighted by atomic mass is 32.2. The molecule has 0 aliphatic rings. The van der Waals surface area contributed by atoms with Gasteiger partial charge in [0, 0.05) is 37.2 Å². The van der Waals surface area contributed by atoms with Gasteiger partial charge in [-0.25, -0.2) is 9.97 Å². The van der Waals surface area contributed by atoms with Crippen molar-refractivity contribution >= 4 is 29.4 Å². The third-order valence-corrected chi connectivity index (χ3v) is 3.75. The second-order valence-corrected chi connectivity index (χ2v) is 5.81. The molecule has 0 aliphatic heterocycles. The Balaban J connectivity index is 1.48. The van der Waals surface area contributed by atoms with Crippen molar-refractivity contribution in [2.24, 2.45) is 0 Å². The minimum absolute atomic E-state index is 0.0448. The van der Waals surface area contributed by atoms with E-state index in [1.165, 1.54) is 0 Å². The van der Waals surface area contributed by atoms with Crippen molar-refractivity contribution in [3.63, 3.8) is 0 Å². The average Bonchev–Trinajstić information content (AvgIpc) is 2.92. The predicted octanol–water partition coefficient (Wildman–Crippen LogP) is 2.34. The van der Waals surface area contributed by atoms with Crippen LogP contribution < -0.4 is 10.6 Å². The first-order valence-corrected chi connectivity index (χ1v) is 8.21. The van der Waals surface area contributed by atoms with Crippen LogP contribution in [0.25, 0.3) is 0 Å². The van der Waals surface area contributed by atoms with Gasteiger partial charge in [-0.1, -0.05) is 5.16 Å². The molecule has 2 heterocycles. The maximum Gasteiger partial charge on any atom is 0.226 e. The lowest BCUT2D eigenvalue weighted by atomic mass is 10.4. The zero-order valence-corrected chi connectivity index (χ0v) is 13.2. The molecule has 0 saturated heterocycles. The number of nitrogens with zero attached hydrogens (tertiary/aromatic N) is 3.